The summed E-state index contributed by atoms with van der Waals surface area (Å²) in [6.07, 6.45) is 3.75. The van der Waals surface area contributed by atoms with Crippen molar-refractivity contribution in [3.63, 3.8) is 0 Å². The highest BCUT2D eigenvalue weighted by Gasteiger charge is 2.39. The van der Waals surface area contributed by atoms with Crippen molar-refractivity contribution in [1.82, 2.24) is 4.98 Å². The number of ether oxygens (including phenoxy) is 1. The molecule has 1 saturated carbocycles. The summed E-state index contributed by atoms with van der Waals surface area (Å²) in [6.45, 7) is 1.69. The minimum Gasteiger partial charge on any atom is -0.437 e. The Hall–Kier alpha value is -1.91. The maximum Gasteiger partial charge on any atom is 0.219 e. The van der Waals surface area contributed by atoms with E-state index in [9.17, 15) is 4.79 Å². The number of hydrogen-bond donors (Lipinski definition) is 1. The molecule has 0 radical (unpaired) electrons. The average Bonchev–Trinajstić information content (AvgIpc) is 3.28. The number of carbonyl (C=O) groups is 1. The van der Waals surface area contributed by atoms with Crippen LogP contribution >= 0.6 is 11.6 Å². The third kappa shape index (κ3) is 2.98. The minimum atomic E-state index is -0.534. The lowest BCUT2D eigenvalue weighted by Crippen LogP contribution is -2.04. The monoisotopic (exact) mass is 317 g/mol. The van der Waals surface area contributed by atoms with Crippen LogP contribution in [0.15, 0.2) is 36.5 Å². The number of carbonyl (C=O) groups excluding carboxylic acids is 1. The molecule has 5 heteroatoms. The Kier molecular flexibility index (Phi) is 3.89. The summed E-state index contributed by atoms with van der Waals surface area (Å²) in [5, 5.41) is 9.34. The van der Waals surface area contributed by atoms with Crippen LogP contribution in [0.5, 0.6) is 11.6 Å². The fourth-order valence-electron chi connectivity index (χ4n) is 2.24. The number of aromatic nitrogens is 1. The maximum absolute atomic E-state index is 11.3. The van der Waals surface area contributed by atoms with Crippen molar-refractivity contribution in [3.05, 3.63) is 52.7 Å². The van der Waals surface area contributed by atoms with Crippen LogP contribution in [0.2, 0.25) is 5.02 Å². The molecule has 0 unspecified atom stereocenters. The molecule has 0 atom stereocenters. The van der Waals surface area contributed by atoms with E-state index in [1.54, 1.807) is 12.1 Å². The first-order chi connectivity index (χ1) is 10.5. The van der Waals surface area contributed by atoms with Gasteiger partial charge in [0.05, 0.1) is 5.02 Å². The van der Waals surface area contributed by atoms with E-state index < -0.39 is 6.61 Å². The Morgan fingerprint density at radius 2 is 2.14 bits per heavy atom. The Balaban J connectivity index is 1.77. The van der Waals surface area contributed by atoms with E-state index in [0.29, 0.717) is 22.2 Å². The zero-order valence-corrected chi connectivity index (χ0v) is 12.9. The molecule has 1 aromatic heterocycles. The van der Waals surface area contributed by atoms with Crippen molar-refractivity contribution in [2.75, 3.05) is 6.61 Å². The van der Waals surface area contributed by atoms with Crippen LogP contribution in [0, 0.1) is 0 Å². The normalized spacial score (nSPS) is 15.4. The smallest absolute Gasteiger partial charge is 0.219 e. The second-order valence-electron chi connectivity index (χ2n) is 5.77. The Labute approximate surface area is 133 Å². The van der Waals surface area contributed by atoms with E-state index in [4.69, 9.17) is 21.4 Å². The van der Waals surface area contributed by atoms with E-state index in [-0.39, 0.29) is 11.2 Å². The predicted octanol–water partition coefficient (Wildman–Crippen LogP) is 3.75. The van der Waals surface area contributed by atoms with Gasteiger partial charge in [-0.25, -0.2) is 4.98 Å². The predicted molar refractivity (Wildman–Crippen MR) is 83.8 cm³/mol. The molecule has 114 valence electrons. The van der Waals surface area contributed by atoms with Crippen LogP contribution in [0.3, 0.4) is 0 Å². The minimum absolute atomic E-state index is 0.257. The van der Waals surface area contributed by atoms with Crippen LogP contribution in [0.25, 0.3) is 0 Å². The number of ketones is 1. The molecule has 1 aromatic carbocycles. The molecule has 0 amide bonds. The third-order valence-corrected chi connectivity index (χ3v) is 4.34. The lowest BCUT2D eigenvalue weighted by Gasteiger charge is -2.12. The van der Waals surface area contributed by atoms with Gasteiger partial charge in [-0.1, -0.05) is 24.6 Å². The molecule has 1 fully saturated rings. The molecular formula is C17H16ClNO3. The molecule has 1 aliphatic carbocycles. The maximum atomic E-state index is 11.3. The second-order valence-corrected chi connectivity index (χ2v) is 6.18. The number of pyridine rings is 1. The lowest BCUT2D eigenvalue weighted by molar-refractivity contribution is 0.0903. The fourth-order valence-corrected chi connectivity index (χ4v) is 2.46. The van der Waals surface area contributed by atoms with Gasteiger partial charge in [-0.3, -0.25) is 4.79 Å². The highest BCUT2D eigenvalue weighted by molar-refractivity contribution is 6.32. The number of aliphatic hydroxyl groups is 1. The van der Waals surface area contributed by atoms with Gasteiger partial charge >= 0.3 is 0 Å². The molecule has 22 heavy (non-hydrogen) atoms. The number of aliphatic hydroxyl groups excluding tert-OH is 1. The van der Waals surface area contributed by atoms with E-state index in [0.717, 1.165) is 0 Å². The number of nitrogens with zero attached hydrogens (tertiary/aromatic N) is 1. The highest BCUT2D eigenvalue weighted by atomic mass is 35.5. The Morgan fingerprint density at radius 1 is 1.36 bits per heavy atom. The van der Waals surface area contributed by atoms with Gasteiger partial charge in [-0.05, 0) is 42.0 Å². The number of Topliss-reactive ketones (excluding diaryl/α,β-unsaturated/α-hetero) is 1. The summed E-state index contributed by atoms with van der Waals surface area (Å²) in [4.78, 5) is 15.4. The molecule has 0 aliphatic heterocycles. The van der Waals surface area contributed by atoms with Crippen molar-refractivity contribution in [2.45, 2.75) is 25.2 Å². The Bertz CT molecular complexity index is 708. The van der Waals surface area contributed by atoms with E-state index in [1.165, 1.54) is 24.6 Å². The first-order valence-electron chi connectivity index (χ1n) is 7.10. The summed E-state index contributed by atoms with van der Waals surface area (Å²) in [5.74, 6) is 0.504. The third-order valence-electron chi connectivity index (χ3n) is 4.05. The lowest BCUT2D eigenvalue weighted by atomic mass is 9.98. The standard InChI is InChI=1S/C17H16ClNO3/c1-17(6-7-17)12-3-4-15(13(18)8-12)22-16-5-2-11(9-19-16)14(21)10-20/h2-5,8-9,20H,6-7,10H2,1H3. The molecule has 0 saturated heterocycles. The number of benzene rings is 1. The van der Waals surface area contributed by atoms with Gasteiger partial charge < -0.3 is 9.84 Å². The van der Waals surface area contributed by atoms with Crippen LogP contribution in [-0.2, 0) is 5.41 Å². The van der Waals surface area contributed by atoms with Gasteiger partial charge in [0.25, 0.3) is 0 Å². The molecule has 1 aliphatic rings. The van der Waals surface area contributed by atoms with Crippen molar-refractivity contribution in [2.24, 2.45) is 0 Å². The first kappa shape index (κ1) is 15.0. The highest BCUT2D eigenvalue weighted by Crippen LogP contribution is 2.48. The van der Waals surface area contributed by atoms with Crippen LogP contribution in [-0.4, -0.2) is 22.5 Å². The van der Waals surface area contributed by atoms with Gasteiger partial charge in [0.1, 0.15) is 12.4 Å². The van der Waals surface area contributed by atoms with Crippen LogP contribution < -0.4 is 4.74 Å². The average molecular weight is 318 g/mol. The summed E-state index contributed by atoms with van der Waals surface area (Å²) in [6, 6.07) is 8.95. The second kappa shape index (κ2) is 5.71. The molecule has 3 rings (SSSR count). The van der Waals surface area contributed by atoms with E-state index in [2.05, 4.69) is 11.9 Å². The van der Waals surface area contributed by atoms with Crippen molar-refractivity contribution in [3.8, 4) is 11.6 Å². The summed E-state index contributed by atoms with van der Waals surface area (Å²) in [7, 11) is 0. The fraction of sp³-hybridized carbons (Fsp3) is 0.294. The first-order valence-corrected chi connectivity index (χ1v) is 7.48. The number of halogens is 1. The molecule has 1 heterocycles. The van der Waals surface area contributed by atoms with Gasteiger partial charge in [-0.15, -0.1) is 0 Å². The zero-order valence-electron chi connectivity index (χ0n) is 12.2. The number of hydrogen-bond acceptors (Lipinski definition) is 4. The summed E-state index contributed by atoms with van der Waals surface area (Å²) < 4.78 is 5.65. The van der Waals surface area contributed by atoms with Gasteiger partial charge in [-0.2, -0.15) is 0 Å². The van der Waals surface area contributed by atoms with Gasteiger partial charge in [0.15, 0.2) is 5.78 Å². The molecule has 0 bridgehead atoms. The zero-order chi connectivity index (χ0) is 15.7. The molecule has 1 N–H and O–H groups in total. The van der Waals surface area contributed by atoms with E-state index >= 15 is 0 Å². The number of rotatable bonds is 5. The van der Waals surface area contributed by atoms with E-state index in [1.807, 2.05) is 18.2 Å². The topological polar surface area (TPSA) is 59.4 Å². The molecule has 4 nitrogen and oxygen atoms in total. The Morgan fingerprint density at radius 3 is 2.68 bits per heavy atom. The van der Waals surface area contributed by atoms with Crippen molar-refractivity contribution in [1.29, 1.82) is 0 Å². The molecule has 2 aromatic rings. The van der Waals surface area contributed by atoms with Crippen molar-refractivity contribution < 1.29 is 14.6 Å². The largest absolute Gasteiger partial charge is 0.437 e. The summed E-state index contributed by atoms with van der Waals surface area (Å²) >= 11 is 6.28. The summed E-state index contributed by atoms with van der Waals surface area (Å²) in [5.41, 5.74) is 1.83. The molecule has 0 spiro atoms. The molecular weight excluding hydrogens is 302 g/mol. The van der Waals surface area contributed by atoms with Gasteiger partial charge in [0, 0.05) is 17.8 Å². The van der Waals surface area contributed by atoms with Crippen LogP contribution in [0.1, 0.15) is 35.7 Å². The quantitative estimate of drug-likeness (QED) is 0.853. The SMILES string of the molecule is CC1(c2ccc(Oc3ccc(C(=O)CO)cn3)c(Cl)c2)CC1. The van der Waals surface area contributed by atoms with Gasteiger partial charge in [0.2, 0.25) is 5.88 Å². The van der Waals surface area contributed by atoms with Crippen molar-refractivity contribution >= 4 is 17.4 Å². The van der Waals surface area contributed by atoms with Crippen LogP contribution in [0.4, 0.5) is 0 Å².